The van der Waals surface area contributed by atoms with Gasteiger partial charge in [-0.05, 0) is 48.9 Å². The Kier molecular flexibility index (Phi) is 6.34. The van der Waals surface area contributed by atoms with Crippen LogP contribution in [0.25, 0.3) is 0 Å². The standard InChI is InChI=1S/C21H24ClNO4/c1-3-8-26-9-10-27-21(25)20-13(2)19-17(23-20)11-15(12-18(19)24)14-4-6-16(22)7-5-14/h4-7,15,23H,3,8-12H2,1-2H3/t15-/m1/s1. The van der Waals surface area contributed by atoms with Crippen molar-refractivity contribution in [2.75, 3.05) is 19.8 Å². The molecule has 0 bridgehead atoms. The van der Waals surface area contributed by atoms with Crippen LogP contribution in [0.4, 0.5) is 0 Å². The summed E-state index contributed by atoms with van der Waals surface area (Å²) in [5.41, 5.74) is 3.54. The number of ether oxygens (including phenoxy) is 2. The fraction of sp³-hybridized carbons (Fsp3) is 0.429. The summed E-state index contributed by atoms with van der Waals surface area (Å²) < 4.78 is 10.6. The number of benzene rings is 1. The normalized spacial score (nSPS) is 16.3. The largest absolute Gasteiger partial charge is 0.459 e. The second-order valence-electron chi connectivity index (χ2n) is 6.81. The average molecular weight is 390 g/mol. The van der Waals surface area contributed by atoms with Gasteiger partial charge >= 0.3 is 5.97 Å². The number of fused-ring (bicyclic) bond motifs is 1. The molecular weight excluding hydrogens is 366 g/mol. The number of hydrogen-bond donors (Lipinski definition) is 1. The van der Waals surface area contributed by atoms with Crippen LogP contribution >= 0.6 is 11.6 Å². The highest BCUT2D eigenvalue weighted by atomic mass is 35.5. The van der Waals surface area contributed by atoms with Gasteiger partial charge in [0.05, 0.1) is 6.61 Å². The Balaban J connectivity index is 1.73. The van der Waals surface area contributed by atoms with E-state index >= 15 is 0 Å². The van der Waals surface area contributed by atoms with E-state index in [4.69, 9.17) is 21.1 Å². The molecule has 0 saturated carbocycles. The van der Waals surface area contributed by atoms with Crippen molar-refractivity contribution in [3.05, 3.63) is 57.4 Å². The number of H-pyrrole nitrogens is 1. The Morgan fingerprint density at radius 2 is 1.93 bits per heavy atom. The topological polar surface area (TPSA) is 68.4 Å². The van der Waals surface area contributed by atoms with Crippen LogP contribution in [0.1, 0.15) is 63.4 Å². The Morgan fingerprint density at radius 3 is 2.63 bits per heavy atom. The van der Waals surface area contributed by atoms with Crippen LogP contribution in [-0.2, 0) is 15.9 Å². The molecule has 1 aliphatic rings. The molecule has 6 heteroatoms. The van der Waals surface area contributed by atoms with Crippen molar-refractivity contribution in [2.24, 2.45) is 0 Å². The van der Waals surface area contributed by atoms with Gasteiger partial charge in [-0.1, -0.05) is 30.7 Å². The number of halogens is 1. The average Bonchev–Trinajstić information content (AvgIpc) is 2.99. The van der Waals surface area contributed by atoms with Crippen molar-refractivity contribution in [1.29, 1.82) is 0 Å². The van der Waals surface area contributed by atoms with Crippen molar-refractivity contribution in [3.63, 3.8) is 0 Å². The van der Waals surface area contributed by atoms with E-state index in [1.165, 1.54) is 0 Å². The summed E-state index contributed by atoms with van der Waals surface area (Å²) in [6.07, 6.45) is 2.02. The molecule has 0 spiro atoms. The van der Waals surface area contributed by atoms with E-state index in [0.29, 0.717) is 47.9 Å². The molecule has 1 N–H and O–H groups in total. The summed E-state index contributed by atoms with van der Waals surface area (Å²) in [5, 5.41) is 0.672. The zero-order chi connectivity index (χ0) is 19.4. The van der Waals surface area contributed by atoms with Crippen LogP contribution < -0.4 is 0 Å². The van der Waals surface area contributed by atoms with E-state index in [0.717, 1.165) is 17.7 Å². The molecule has 3 rings (SSSR count). The molecule has 1 aromatic carbocycles. The second kappa shape index (κ2) is 8.72. The van der Waals surface area contributed by atoms with Crippen LogP contribution in [0.2, 0.25) is 5.02 Å². The molecule has 2 aromatic rings. The van der Waals surface area contributed by atoms with Crippen molar-refractivity contribution in [1.82, 2.24) is 4.98 Å². The van der Waals surface area contributed by atoms with Crippen LogP contribution in [0, 0.1) is 6.92 Å². The van der Waals surface area contributed by atoms with Gasteiger partial charge in [0.2, 0.25) is 0 Å². The predicted octanol–water partition coefficient (Wildman–Crippen LogP) is 4.47. The van der Waals surface area contributed by atoms with Crippen LogP contribution in [0.15, 0.2) is 24.3 Å². The lowest BCUT2D eigenvalue weighted by Gasteiger charge is -2.22. The quantitative estimate of drug-likeness (QED) is 0.560. The summed E-state index contributed by atoms with van der Waals surface area (Å²) in [6, 6.07) is 7.57. The minimum absolute atomic E-state index is 0.0512. The third-order valence-corrected chi connectivity index (χ3v) is 5.10. The number of nitrogens with one attached hydrogen (secondary N) is 1. The first-order chi connectivity index (χ1) is 13.0. The van der Waals surface area contributed by atoms with Crippen molar-refractivity contribution >= 4 is 23.4 Å². The summed E-state index contributed by atoms with van der Waals surface area (Å²) in [6.45, 7) is 5.03. The van der Waals surface area contributed by atoms with Gasteiger partial charge in [0.25, 0.3) is 0 Å². The number of aromatic nitrogens is 1. The van der Waals surface area contributed by atoms with Crippen molar-refractivity contribution in [2.45, 2.75) is 39.0 Å². The number of ketones is 1. The number of esters is 1. The zero-order valence-corrected chi connectivity index (χ0v) is 16.4. The number of aromatic amines is 1. The molecule has 1 aliphatic carbocycles. The van der Waals surface area contributed by atoms with E-state index in [1.54, 1.807) is 6.92 Å². The Labute approximate surface area is 164 Å². The molecule has 1 aromatic heterocycles. The SMILES string of the molecule is CCCOCCOC(=O)c1[nH]c2c(c1C)C(=O)C[C@H](c1ccc(Cl)cc1)C2. The summed E-state index contributed by atoms with van der Waals surface area (Å²) in [4.78, 5) is 28.2. The summed E-state index contributed by atoms with van der Waals surface area (Å²) in [7, 11) is 0. The van der Waals surface area contributed by atoms with Gasteiger partial charge in [-0.2, -0.15) is 0 Å². The number of carbonyl (C=O) groups is 2. The molecule has 1 atom stereocenters. The summed E-state index contributed by atoms with van der Waals surface area (Å²) in [5.74, 6) is -0.320. The number of hydrogen-bond acceptors (Lipinski definition) is 4. The van der Waals surface area contributed by atoms with E-state index in [9.17, 15) is 9.59 Å². The fourth-order valence-electron chi connectivity index (χ4n) is 3.52. The first-order valence-corrected chi connectivity index (χ1v) is 9.64. The first kappa shape index (κ1) is 19.6. The van der Waals surface area contributed by atoms with Crippen molar-refractivity contribution in [3.8, 4) is 0 Å². The molecule has 0 saturated heterocycles. The highest BCUT2D eigenvalue weighted by molar-refractivity contribution is 6.30. The lowest BCUT2D eigenvalue weighted by Crippen LogP contribution is -2.18. The number of Topliss-reactive ketones (excluding diaryl/α,β-unsaturated/α-hetero) is 1. The molecule has 1 heterocycles. The van der Waals surface area contributed by atoms with Gasteiger partial charge in [0.1, 0.15) is 12.3 Å². The Bertz CT molecular complexity index is 825. The maximum atomic E-state index is 12.7. The molecule has 0 radical (unpaired) electrons. The molecule has 0 amide bonds. The monoisotopic (exact) mass is 389 g/mol. The molecule has 144 valence electrons. The molecule has 5 nitrogen and oxygen atoms in total. The lowest BCUT2D eigenvalue weighted by atomic mass is 9.81. The predicted molar refractivity (Wildman–Crippen MR) is 104 cm³/mol. The molecule has 0 aliphatic heterocycles. The minimum Gasteiger partial charge on any atom is -0.459 e. The van der Waals surface area contributed by atoms with Crippen LogP contribution in [-0.4, -0.2) is 36.6 Å². The van der Waals surface area contributed by atoms with E-state index in [2.05, 4.69) is 4.98 Å². The van der Waals surface area contributed by atoms with Gasteiger partial charge in [-0.3, -0.25) is 4.79 Å². The van der Waals surface area contributed by atoms with Gasteiger partial charge < -0.3 is 14.5 Å². The number of carbonyl (C=O) groups excluding carboxylic acids is 2. The van der Waals surface area contributed by atoms with Gasteiger partial charge in [0.15, 0.2) is 5.78 Å². The third-order valence-electron chi connectivity index (χ3n) is 4.84. The molecular formula is C21H24ClNO4. The second-order valence-corrected chi connectivity index (χ2v) is 7.24. The maximum absolute atomic E-state index is 12.7. The van der Waals surface area contributed by atoms with E-state index in [1.807, 2.05) is 31.2 Å². The van der Waals surface area contributed by atoms with Crippen molar-refractivity contribution < 1.29 is 19.1 Å². The maximum Gasteiger partial charge on any atom is 0.355 e. The first-order valence-electron chi connectivity index (χ1n) is 9.26. The molecule has 0 unspecified atom stereocenters. The van der Waals surface area contributed by atoms with E-state index < -0.39 is 5.97 Å². The third kappa shape index (κ3) is 4.42. The van der Waals surface area contributed by atoms with Gasteiger partial charge in [-0.25, -0.2) is 4.79 Å². The smallest absolute Gasteiger partial charge is 0.355 e. The highest BCUT2D eigenvalue weighted by Crippen LogP contribution is 2.35. The van der Waals surface area contributed by atoms with Crippen LogP contribution in [0.5, 0.6) is 0 Å². The molecule has 0 fully saturated rings. The lowest BCUT2D eigenvalue weighted by molar-refractivity contribution is 0.0312. The Morgan fingerprint density at radius 1 is 1.19 bits per heavy atom. The van der Waals surface area contributed by atoms with E-state index in [-0.39, 0.29) is 18.3 Å². The van der Waals surface area contributed by atoms with Gasteiger partial charge in [-0.15, -0.1) is 0 Å². The fourth-order valence-corrected chi connectivity index (χ4v) is 3.65. The number of rotatable bonds is 7. The highest BCUT2D eigenvalue weighted by Gasteiger charge is 2.32. The van der Waals surface area contributed by atoms with Gasteiger partial charge in [0, 0.05) is 29.3 Å². The summed E-state index contributed by atoms with van der Waals surface area (Å²) >= 11 is 5.96. The minimum atomic E-state index is -0.446. The zero-order valence-electron chi connectivity index (χ0n) is 15.6. The molecule has 27 heavy (non-hydrogen) atoms. The Hall–Kier alpha value is -2.11. The van der Waals surface area contributed by atoms with Crippen LogP contribution in [0.3, 0.4) is 0 Å².